The van der Waals surface area contributed by atoms with Crippen molar-refractivity contribution >= 4 is 0 Å². The van der Waals surface area contributed by atoms with Crippen LogP contribution in [0.1, 0.15) is 24.0 Å². The summed E-state index contributed by atoms with van der Waals surface area (Å²) < 4.78 is 11.0. The molecule has 0 aliphatic rings. The predicted octanol–water partition coefficient (Wildman–Crippen LogP) is 3.56. The second-order valence-corrected chi connectivity index (χ2v) is 5.01. The molecular weight excluding hydrogens is 262 g/mol. The van der Waals surface area contributed by atoms with Gasteiger partial charge in [-0.25, -0.2) is 0 Å². The number of benzene rings is 2. The Morgan fingerprint density at radius 3 is 2.38 bits per heavy atom. The van der Waals surface area contributed by atoms with Crippen molar-refractivity contribution in [3.63, 3.8) is 0 Å². The lowest BCUT2D eigenvalue weighted by molar-refractivity contribution is 0.304. The van der Waals surface area contributed by atoms with E-state index in [0.29, 0.717) is 13.2 Å². The summed E-state index contributed by atoms with van der Waals surface area (Å²) in [5.41, 5.74) is 8.07. The maximum atomic E-state index is 5.79. The van der Waals surface area contributed by atoms with Gasteiger partial charge in [0, 0.05) is 12.6 Å². The largest absolute Gasteiger partial charge is 0.497 e. The van der Waals surface area contributed by atoms with Crippen LogP contribution >= 0.6 is 0 Å². The van der Waals surface area contributed by atoms with Crippen molar-refractivity contribution in [2.45, 2.75) is 25.8 Å². The van der Waals surface area contributed by atoms with Crippen molar-refractivity contribution in [1.82, 2.24) is 0 Å². The number of aryl methyl sites for hydroxylation is 1. The minimum absolute atomic E-state index is 0.488. The molecule has 0 aliphatic heterocycles. The minimum atomic E-state index is 0.488. The molecule has 0 unspecified atom stereocenters. The Balaban J connectivity index is 1.75. The van der Waals surface area contributed by atoms with Crippen LogP contribution in [0.4, 0.5) is 0 Å². The van der Waals surface area contributed by atoms with E-state index in [4.69, 9.17) is 15.2 Å². The highest BCUT2D eigenvalue weighted by Gasteiger charge is 2.01. The number of unbranched alkanes of at least 4 members (excludes halogenated alkanes) is 1. The minimum Gasteiger partial charge on any atom is -0.497 e. The van der Waals surface area contributed by atoms with Crippen LogP contribution in [0.3, 0.4) is 0 Å². The molecule has 0 spiro atoms. The van der Waals surface area contributed by atoms with Gasteiger partial charge in [0.05, 0.1) is 13.7 Å². The highest BCUT2D eigenvalue weighted by atomic mass is 16.5. The molecule has 0 saturated heterocycles. The summed E-state index contributed by atoms with van der Waals surface area (Å²) in [7, 11) is 1.65. The van der Waals surface area contributed by atoms with Crippen LogP contribution in [0.25, 0.3) is 0 Å². The Labute approximate surface area is 126 Å². The van der Waals surface area contributed by atoms with E-state index in [9.17, 15) is 0 Å². The second-order valence-electron chi connectivity index (χ2n) is 5.01. The topological polar surface area (TPSA) is 44.5 Å². The van der Waals surface area contributed by atoms with Gasteiger partial charge in [-0.1, -0.05) is 30.3 Å². The van der Waals surface area contributed by atoms with Crippen LogP contribution in [0.5, 0.6) is 11.5 Å². The van der Waals surface area contributed by atoms with Gasteiger partial charge in [0.15, 0.2) is 0 Å². The van der Waals surface area contributed by atoms with Gasteiger partial charge in [0.1, 0.15) is 11.5 Å². The molecule has 0 amide bonds. The molecule has 2 aromatic rings. The van der Waals surface area contributed by atoms with Crippen molar-refractivity contribution in [2.75, 3.05) is 13.7 Å². The highest BCUT2D eigenvalue weighted by Crippen LogP contribution is 2.22. The van der Waals surface area contributed by atoms with Crippen LogP contribution < -0.4 is 15.2 Å². The number of hydrogen-bond acceptors (Lipinski definition) is 3. The maximum absolute atomic E-state index is 5.79. The van der Waals surface area contributed by atoms with E-state index in [1.165, 1.54) is 5.56 Å². The molecule has 0 saturated carbocycles. The summed E-state index contributed by atoms with van der Waals surface area (Å²) in [6.45, 7) is 1.20. The molecule has 0 fully saturated rings. The Hall–Kier alpha value is -2.00. The van der Waals surface area contributed by atoms with Gasteiger partial charge in [-0.15, -0.1) is 0 Å². The summed E-state index contributed by atoms with van der Waals surface area (Å²) in [6.07, 6.45) is 3.25. The van der Waals surface area contributed by atoms with E-state index >= 15 is 0 Å². The predicted molar refractivity (Wildman–Crippen MR) is 85.8 cm³/mol. The molecule has 112 valence electrons. The van der Waals surface area contributed by atoms with Gasteiger partial charge in [-0.2, -0.15) is 0 Å². The van der Waals surface area contributed by atoms with Crippen molar-refractivity contribution in [3.05, 3.63) is 59.7 Å². The van der Waals surface area contributed by atoms with E-state index in [1.807, 2.05) is 24.3 Å². The zero-order valence-corrected chi connectivity index (χ0v) is 12.5. The van der Waals surface area contributed by atoms with Gasteiger partial charge >= 0.3 is 0 Å². The number of methoxy groups -OCH3 is 1. The van der Waals surface area contributed by atoms with Gasteiger partial charge in [-0.05, 0) is 42.5 Å². The molecule has 0 bridgehead atoms. The summed E-state index contributed by atoms with van der Waals surface area (Å²) in [5, 5.41) is 0. The molecule has 0 radical (unpaired) electrons. The fourth-order valence-electron chi connectivity index (χ4n) is 2.22. The monoisotopic (exact) mass is 285 g/mol. The maximum Gasteiger partial charge on any atom is 0.123 e. The Kier molecular flexibility index (Phi) is 6.10. The Bertz CT molecular complexity index is 518. The summed E-state index contributed by atoms with van der Waals surface area (Å²) in [5.74, 6) is 1.62. The van der Waals surface area contributed by atoms with Crippen LogP contribution in [0.2, 0.25) is 0 Å². The van der Waals surface area contributed by atoms with Crippen LogP contribution in [0, 0.1) is 0 Å². The fraction of sp³-hybridized carbons (Fsp3) is 0.333. The van der Waals surface area contributed by atoms with E-state index in [1.54, 1.807) is 7.11 Å². The normalized spacial score (nSPS) is 10.4. The van der Waals surface area contributed by atoms with Gasteiger partial charge in [0.2, 0.25) is 0 Å². The summed E-state index contributed by atoms with van der Waals surface area (Å²) in [6, 6.07) is 16.3. The van der Waals surface area contributed by atoms with Crippen molar-refractivity contribution in [2.24, 2.45) is 5.73 Å². The standard InChI is InChI=1S/C18H23NO2/c1-20-17-11-16(14-19)12-18(13-17)21-10-6-5-9-15-7-3-2-4-8-15/h2-4,7-8,11-13H,5-6,9-10,14,19H2,1H3. The summed E-state index contributed by atoms with van der Waals surface area (Å²) >= 11 is 0. The molecule has 0 aromatic heterocycles. The molecule has 2 aromatic carbocycles. The Morgan fingerprint density at radius 2 is 1.67 bits per heavy atom. The zero-order valence-electron chi connectivity index (χ0n) is 12.5. The van der Waals surface area contributed by atoms with Gasteiger partial charge < -0.3 is 15.2 Å². The lowest BCUT2D eigenvalue weighted by Gasteiger charge is -2.10. The Morgan fingerprint density at radius 1 is 0.905 bits per heavy atom. The third-order valence-corrected chi connectivity index (χ3v) is 3.38. The van der Waals surface area contributed by atoms with Crippen LogP contribution in [0.15, 0.2) is 48.5 Å². The van der Waals surface area contributed by atoms with Crippen LogP contribution in [-0.2, 0) is 13.0 Å². The van der Waals surface area contributed by atoms with E-state index in [-0.39, 0.29) is 0 Å². The first-order valence-corrected chi connectivity index (χ1v) is 7.36. The smallest absolute Gasteiger partial charge is 0.123 e. The number of rotatable bonds is 8. The van der Waals surface area contributed by atoms with E-state index < -0.39 is 0 Å². The lowest BCUT2D eigenvalue weighted by atomic mass is 10.1. The zero-order chi connectivity index (χ0) is 14.9. The number of nitrogens with two attached hydrogens (primary N) is 1. The molecule has 0 atom stereocenters. The fourth-order valence-corrected chi connectivity index (χ4v) is 2.22. The lowest BCUT2D eigenvalue weighted by Crippen LogP contribution is -2.01. The molecule has 3 nitrogen and oxygen atoms in total. The van der Waals surface area contributed by atoms with E-state index in [0.717, 1.165) is 36.3 Å². The third kappa shape index (κ3) is 5.12. The molecular formula is C18H23NO2. The molecule has 21 heavy (non-hydrogen) atoms. The average Bonchev–Trinajstić information content (AvgIpc) is 2.55. The molecule has 3 heteroatoms. The van der Waals surface area contributed by atoms with Gasteiger partial charge in [-0.3, -0.25) is 0 Å². The molecule has 2 N–H and O–H groups in total. The van der Waals surface area contributed by atoms with Crippen molar-refractivity contribution in [1.29, 1.82) is 0 Å². The summed E-state index contributed by atoms with van der Waals surface area (Å²) in [4.78, 5) is 0. The first kappa shape index (κ1) is 15.4. The SMILES string of the molecule is COc1cc(CN)cc(OCCCCc2ccccc2)c1. The first-order chi connectivity index (χ1) is 10.3. The van der Waals surface area contributed by atoms with Gasteiger partial charge in [0.25, 0.3) is 0 Å². The number of hydrogen-bond donors (Lipinski definition) is 1. The third-order valence-electron chi connectivity index (χ3n) is 3.38. The number of ether oxygens (including phenoxy) is 2. The average molecular weight is 285 g/mol. The molecule has 0 heterocycles. The van der Waals surface area contributed by atoms with E-state index in [2.05, 4.69) is 24.3 Å². The van der Waals surface area contributed by atoms with Crippen molar-refractivity contribution < 1.29 is 9.47 Å². The first-order valence-electron chi connectivity index (χ1n) is 7.36. The molecule has 0 aliphatic carbocycles. The van der Waals surface area contributed by atoms with Crippen molar-refractivity contribution in [3.8, 4) is 11.5 Å². The second kappa shape index (κ2) is 8.32. The highest BCUT2D eigenvalue weighted by molar-refractivity contribution is 5.38. The molecule has 2 rings (SSSR count). The van der Waals surface area contributed by atoms with Crippen LogP contribution in [-0.4, -0.2) is 13.7 Å². The quantitative estimate of drug-likeness (QED) is 0.754.